The lowest BCUT2D eigenvalue weighted by Gasteiger charge is -2.09. The average Bonchev–Trinajstić information content (AvgIpc) is 2.41. The Bertz CT molecular complexity index is 619. The molecule has 0 atom stereocenters. The van der Waals surface area contributed by atoms with Gasteiger partial charge in [0.05, 0.1) is 17.8 Å². The number of aromatic nitrogens is 2. The van der Waals surface area contributed by atoms with Gasteiger partial charge in [-0.15, -0.1) is 0 Å². The molecule has 6 heteroatoms. The van der Waals surface area contributed by atoms with E-state index < -0.39 is 5.82 Å². The van der Waals surface area contributed by atoms with Crippen molar-refractivity contribution in [3.63, 3.8) is 0 Å². The van der Waals surface area contributed by atoms with Crippen LogP contribution in [-0.2, 0) is 0 Å². The minimum absolute atomic E-state index is 0.162. The summed E-state index contributed by atoms with van der Waals surface area (Å²) < 4.78 is 18.7. The molecular weight excluding hydrogens is 269 g/mol. The van der Waals surface area contributed by atoms with Crippen molar-refractivity contribution in [2.45, 2.75) is 6.92 Å². The molecule has 1 aromatic heterocycles. The van der Waals surface area contributed by atoms with Crippen LogP contribution in [0.4, 0.5) is 10.2 Å². The predicted molar refractivity (Wildman–Crippen MR) is 73.3 cm³/mol. The Hall–Kier alpha value is -1.88. The first kappa shape index (κ1) is 13.5. The molecule has 0 aliphatic rings. The van der Waals surface area contributed by atoms with Crippen LogP contribution in [0.25, 0.3) is 11.4 Å². The largest absolute Gasteiger partial charge is 0.495 e. The molecule has 0 spiro atoms. The van der Waals surface area contributed by atoms with Gasteiger partial charge in [-0.05, 0) is 25.1 Å². The van der Waals surface area contributed by atoms with Crippen molar-refractivity contribution < 1.29 is 9.13 Å². The van der Waals surface area contributed by atoms with Crippen molar-refractivity contribution in [2.24, 2.45) is 0 Å². The first-order chi connectivity index (χ1) is 9.06. The molecule has 0 radical (unpaired) electrons. The average molecular weight is 282 g/mol. The fourth-order valence-corrected chi connectivity index (χ4v) is 1.92. The second kappa shape index (κ2) is 5.40. The highest BCUT2D eigenvalue weighted by molar-refractivity contribution is 6.32. The summed E-state index contributed by atoms with van der Waals surface area (Å²) in [6, 6.07) is 5.18. The summed E-state index contributed by atoms with van der Waals surface area (Å²) >= 11 is 6.05. The SMILES string of the molecule is CNc1nc(-c2ccc(OC)c(Cl)c2)nc(C)c1F. The van der Waals surface area contributed by atoms with Gasteiger partial charge >= 0.3 is 0 Å². The first-order valence-corrected chi connectivity index (χ1v) is 6.00. The van der Waals surface area contributed by atoms with Gasteiger partial charge in [-0.1, -0.05) is 11.6 Å². The van der Waals surface area contributed by atoms with Gasteiger partial charge in [0.15, 0.2) is 17.5 Å². The van der Waals surface area contributed by atoms with Gasteiger partial charge in [0.25, 0.3) is 0 Å². The molecule has 0 aliphatic heterocycles. The lowest BCUT2D eigenvalue weighted by molar-refractivity contribution is 0.415. The number of aryl methyl sites for hydroxylation is 1. The lowest BCUT2D eigenvalue weighted by Crippen LogP contribution is -2.03. The normalized spacial score (nSPS) is 10.4. The Balaban J connectivity index is 2.53. The lowest BCUT2D eigenvalue weighted by atomic mass is 10.2. The zero-order valence-electron chi connectivity index (χ0n) is 10.8. The van der Waals surface area contributed by atoms with Crippen molar-refractivity contribution in [3.8, 4) is 17.1 Å². The predicted octanol–water partition coefficient (Wildman–Crippen LogP) is 3.29. The highest BCUT2D eigenvalue weighted by atomic mass is 35.5. The molecule has 0 unspecified atom stereocenters. The molecule has 1 heterocycles. The van der Waals surface area contributed by atoms with E-state index in [1.165, 1.54) is 0 Å². The van der Waals surface area contributed by atoms with Crippen LogP contribution in [0.3, 0.4) is 0 Å². The summed E-state index contributed by atoms with van der Waals surface area (Å²) in [6.45, 7) is 1.59. The minimum Gasteiger partial charge on any atom is -0.495 e. The molecule has 19 heavy (non-hydrogen) atoms. The van der Waals surface area contributed by atoms with Gasteiger partial charge in [0, 0.05) is 12.6 Å². The van der Waals surface area contributed by atoms with Crippen molar-refractivity contribution in [3.05, 3.63) is 34.7 Å². The second-order valence-electron chi connectivity index (χ2n) is 3.89. The zero-order valence-corrected chi connectivity index (χ0v) is 11.5. The fraction of sp³-hybridized carbons (Fsp3) is 0.231. The smallest absolute Gasteiger partial charge is 0.186 e. The summed E-state index contributed by atoms with van der Waals surface area (Å²) in [5, 5.41) is 3.15. The van der Waals surface area contributed by atoms with Crippen molar-refractivity contribution >= 4 is 17.4 Å². The number of halogens is 2. The van der Waals surface area contributed by atoms with E-state index >= 15 is 0 Å². The van der Waals surface area contributed by atoms with Crippen LogP contribution in [0.1, 0.15) is 5.69 Å². The van der Waals surface area contributed by atoms with E-state index in [9.17, 15) is 4.39 Å². The molecule has 4 nitrogen and oxygen atoms in total. The maximum atomic E-state index is 13.7. The van der Waals surface area contributed by atoms with E-state index in [0.29, 0.717) is 22.2 Å². The number of ether oxygens (including phenoxy) is 1. The molecule has 1 N–H and O–H groups in total. The number of nitrogens with one attached hydrogen (secondary N) is 1. The maximum Gasteiger partial charge on any atom is 0.186 e. The number of benzene rings is 1. The van der Waals surface area contributed by atoms with Crippen molar-refractivity contribution in [2.75, 3.05) is 19.5 Å². The fourth-order valence-electron chi connectivity index (χ4n) is 1.66. The van der Waals surface area contributed by atoms with E-state index in [4.69, 9.17) is 16.3 Å². The Kier molecular flexibility index (Phi) is 3.85. The van der Waals surface area contributed by atoms with Gasteiger partial charge in [0.1, 0.15) is 5.75 Å². The van der Waals surface area contributed by atoms with Gasteiger partial charge in [-0.2, -0.15) is 0 Å². The highest BCUT2D eigenvalue weighted by Gasteiger charge is 2.12. The molecule has 1 aromatic carbocycles. The van der Waals surface area contributed by atoms with Gasteiger partial charge < -0.3 is 10.1 Å². The third-order valence-electron chi connectivity index (χ3n) is 2.66. The molecule has 2 aromatic rings. The zero-order chi connectivity index (χ0) is 14.0. The highest BCUT2D eigenvalue weighted by Crippen LogP contribution is 2.29. The van der Waals surface area contributed by atoms with E-state index in [1.807, 2.05) is 0 Å². The van der Waals surface area contributed by atoms with Gasteiger partial charge in [-0.25, -0.2) is 14.4 Å². The van der Waals surface area contributed by atoms with Crippen LogP contribution in [0.5, 0.6) is 5.75 Å². The summed E-state index contributed by atoms with van der Waals surface area (Å²) in [6.07, 6.45) is 0. The molecule has 2 rings (SSSR count). The first-order valence-electron chi connectivity index (χ1n) is 5.62. The number of hydrogen-bond donors (Lipinski definition) is 1. The molecule has 0 bridgehead atoms. The van der Waals surface area contributed by atoms with E-state index in [0.717, 1.165) is 0 Å². The van der Waals surface area contributed by atoms with Crippen LogP contribution < -0.4 is 10.1 Å². The van der Waals surface area contributed by atoms with Crippen LogP contribution in [0.2, 0.25) is 5.02 Å². The summed E-state index contributed by atoms with van der Waals surface area (Å²) in [5.41, 5.74) is 0.978. The van der Waals surface area contributed by atoms with E-state index in [-0.39, 0.29) is 11.5 Å². The van der Waals surface area contributed by atoms with Gasteiger partial charge in [0.2, 0.25) is 0 Å². The number of methoxy groups -OCH3 is 1. The van der Waals surface area contributed by atoms with Crippen LogP contribution in [0, 0.1) is 12.7 Å². The number of rotatable bonds is 3. The molecule has 0 aliphatic carbocycles. The van der Waals surface area contributed by atoms with Gasteiger partial charge in [-0.3, -0.25) is 0 Å². The Morgan fingerprint density at radius 1 is 1.32 bits per heavy atom. The quantitative estimate of drug-likeness (QED) is 0.938. The van der Waals surface area contributed by atoms with Crippen LogP contribution >= 0.6 is 11.6 Å². The monoisotopic (exact) mass is 281 g/mol. The van der Waals surface area contributed by atoms with Crippen LogP contribution in [-0.4, -0.2) is 24.1 Å². The molecule has 0 saturated carbocycles. The van der Waals surface area contributed by atoms with E-state index in [2.05, 4.69) is 15.3 Å². The second-order valence-corrected chi connectivity index (χ2v) is 4.30. The standard InChI is InChI=1S/C13H13ClFN3O/c1-7-11(15)13(16-2)18-12(17-7)8-4-5-10(19-3)9(14)6-8/h4-6H,1-3H3,(H,16,17,18). The Morgan fingerprint density at radius 3 is 2.63 bits per heavy atom. The maximum absolute atomic E-state index is 13.7. The van der Waals surface area contributed by atoms with Crippen molar-refractivity contribution in [1.82, 2.24) is 9.97 Å². The summed E-state index contributed by atoms with van der Waals surface area (Å²) in [4.78, 5) is 8.24. The number of hydrogen-bond acceptors (Lipinski definition) is 4. The third-order valence-corrected chi connectivity index (χ3v) is 2.96. The topological polar surface area (TPSA) is 47.0 Å². The van der Waals surface area contributed by atoms with E-state index in [1.54, 1.807) is 39.3 Å². The molecule has 100 valence electrons. The molecular formula is C13H13ClFN3O. The third kappa shape index (κ3) is 2.61. The molecule has 0 fully saturated rings. The molecule has 0 saturated heterocycles. The Labute approximate surface area is 115 Å². The number of nitrogens with zero attached hydrogens (tertiary/aromatic N) is 2. The van der Waals surface area contributed by atoms with Crippen LogP contribution in [0.15, 0.2) is 18.2 Å². The summed E-state index contributed by atoms with van der Waals surface area (Å²) in [7, 11) is 3.15. The summed E-state index contributed by atoms with van der Waals surface area (Å²) in [5.74, 6) is 0.686. The Morgan fingerprint density at radius 2 is 2.05 bits per heavy atom. The molecule has 0 amide bonds. The minimum atomic E-state index is -0.453. The number of anilines is 1. The van der Waals surface area contributed by atoms with Crippen molar-refractivity contribution in [1.29, 1.82) is 0 Å².